The second-order valence-electron chi connectivity index (χ2n) is 5.85. The molecular weight excluding hydrogens is 264 g/mol. The van der Waals surface area contributed by atoms with E-state index in [1.54, 1.807) is 36.5 Å². The fourth-order valence-corrected chi connectivity index (χ4v) is 1.70. The smallest absolute Gasteiger partial charge is 0.171 e. The third-order valence-corrected chi connectivity index (χ3v) is 3.06. The lowest BCUT2D eigenvalue weighted by Gasteiger charge is -2.18. The van der Waals surface area contributed by atoms with Crippen LogP contribution in [0, 0.1) is 0 Å². The van der Waals surface area contributed by atoms with Crippen molar-refractivity contribution in [2.75, 3.05) is 12.1 Å². The maximum absolute atomic E-state index is 9.68. The van der Waals surface area contributed by atoms with Gasteiger partial charge in [-0.25, -0.2) is 5.01 Å². The summed E-state index contributed by atoms with van der Waals surface area (Å²) >= 11 is 0. The van der Waals surface area contributed by atoms with Gasteiger partial charge in [0, 0.05) is 18.0 Å². The van der Waals surface area contributed by atoms with Gasteiger partial charge < -0.3 is 5.11 Å². The Labute approximate surface area is 125 Å². The first-order valence-electron chi connectivity index (χ1n) is 6.78. The van der Waals surface area contributed by atoms with Crippen LogP contribution in [-0.4, -0.2) is 28.6 Å². The number of hydrogen-bond acceptors (Lipinski definition) is 5. The lowest BCUT2D eigenvalue weighted by molar-refractivity contribution is 0.474. The van der Waals surface area contributed by atoms with Crippen LogP contribution in [0.25, 0.3) is 0 Å². The number of anilines is 1. The van der Waals surface area contributed by atoms with Crippen molar-refractivity contribution in [2.45, 2.75) is 26.2 Å². The molecule has 0 atom stereocenters. The molecule has 1 aromatic carbocycles. The number of benzene rings is 1. The minimum absolute atomic E-state index is 0.0246. The number of hydrogen-bond donors (Lipinski definition) is 1. The monoisotopic (exact) mass is 284 g/mol. The zero-order chi connectivity index (χ0) is 15.5. The summed E-state index contributed by atoms with van der Waals surface area (Å²) in [5, 5.41) is 24.0. The number of nitrogens with zero attached hydrogens (tertiary/aromatic N) is 4. The molecule has 0 fully saturated rings. The molecule has 1 N–H and O–H groups in total. The Morgan fingerprint density at radius 3 is 2.38 bits per heavy atom. The number of phenols is 1. The summed E-state index contributed by atoms with van der Waals surface area (Å²) in [7, 11) is 1.79. The van der Waals surface area contributed by atoms with E-state index in [1.807, 2.05) is 18.2 Å². The van der Waals surface area contributed by atoms with E-state index in [2.05, 4.69) is 36.1 Å². The minimum atomic E-state index is -0.0246. The number of hydrazone groups is 1. The molecule has 0 saturated heterocycles. The Balaban J connectivity index is 2.14. The minimum Gasteiger partial charge on any atom is -0.507 e. The highest BCUT2D eigenvalue weighted by Gasteiger charge is 2.16. The molecule has 0 aliphatic carbocycles. The summed E-state index contributed by atoms with van der Waals surface area (Å²) < 4.78 is 0. The molecule has 2 rings (SSSR count). The average molecular weight is 284 g/mol. The molecule has 1 aromatic heterocycles. The normalized spacial score (nSPS) is 11.8. The van der Waals surface area contributed by atoms with Crippen LogP contribution in [0.3, 0.4) is 0 Å². The first-order chi connectivity index (χ1) is 9.88. The number of phenolic OH excluding ortho intramolecular Hbond substituents is 1. The van der Waals surface area contributed by atoms with Crippen molar-refractivity contribution >= 4 is 12.0 Å². The van der Waals surface area contributed by atoms with Gasteiger partial charge in [0.1, 0.15) is 5.75 Å². The van der Waals surface area contributed by atoms with Crippen LogP contribution in [0.5, 0.6) is 5.75 Å². The van der Waals surface area contributed by atoms with E-state index in [0.29, 0.717) is 11.4 Å². The van der Waals surface area contributed by atoms with Crippen LogP contribution in [0.1, 0.15) is 32.0 Å². The van der Waals surface area contributed by atoms with E-state index in [0.717, 1.165) is 5.69 Å². The molecule has 21 heavy (non-hydrogen) atoms. The molecule has 5 nitrogen and oxygen atoms in total. The number of rotatable bonds is 3. The van der Waals surface area contributed by atoms with Crippen molar-refractivity contribution in [1.29, 1.82) is 0 Å². The van der Waals surface area contributed by atoms with Gasteiger partial charge in [0.15, 0.2) is 5.82 Å². The van der Waals surface area contributed by atoms with Gasteiger partial charge in [0.05, 0.1) is 11.9 Å². The van der Waals surface area contributed by atoms with Crippen molar-refractivity contribution in [1.82, 2.24) is 10.2 Å². The first kappa shape index (κ1) is 15.0. The lowest BCUT2D eigenvalue weighted by Crippen LogP contribution is -2.17. The molecule has 0 aliphatic heterocycles. The Bertz CT molecular complexity index is 629. The molecule has 5 heteroatoms. The van der Waals surface area contributed by atoms with Crippen LogP contribution in [-0.2, 0) is 5.41 Å². The van der Waals surface area contributed by atoms with Gasteiger partial charge in [-0.2, -0.15) is 10.2 Å². The first-order valence-corrected chi connectivity index (χ1v) is 6.78. The molecule has 1 heterocycles. The van der Waals surface area contributed by atoms with Crippen LogP contribution in [0.2, 0.25) is 0 Å². The Morgan fingerprint density at radius 1 is 1.10 bits per heavy atom. The summed E-state index contributed by atoms with van der Waals surface area (Å²) in [6, 6.07) is 10.9. The Morgan fingerprint density at radius 2 is 1.81 bits per heavy atom. The maximum atomic E-state index is 9.68. The van der Waals surface area contributed by atoms with Crippen LogP contribution >= 0.6 is 0 Å². The van der Waals surface area contributed by atoms with Crippen molar-refractivity contribution in [3.63, 3.8) is 0 Å². The molecule has 0 saturated carbocycles. The van der Waals surface area contributed by atoms with Crippen molar-refractivity contribution in [3.8, 4) is 5.75 Å². The third kappa shape index (κ3) is 3.78. The van der Waals surface area contributed by atoms with Gasteiger partial charge in [-0.15, -0.1) is 5.10 Å². The van der Waals surface area contributed by atoms with Gasteiger partial charge in [0.2, 0.25) is 0 Å². The van der Waals surface area contributed by atoms with Crippen molar-refractivity contribution < 1.29 is 5.11 Å². The largest absolute Gasteiger partial charge is 0.507 e. The molecule has 0 amide bonds. The van der Waals surface area contributed by atoms with Crippen LogP contribution in [0.4, 0.5) is 5.82 Å². The quantitative estimate of drug-likeness (QED) is 0.695. The molecule has 0 bridgehead atoms. The second kappa shape index (κ2) is 5.91. The van der Waals surface area contributed by atoms with Gasteiger partial charge in [-0.3, -0.25) is 0 Å². The number of para-hydroxylation sites is 1. The van der Waals surface area contributed by atoms with E-state index in [4.69, 9.17) is 0 Å². The lowest BCUT2D eigenvalue weighted by atomic mass is 9.92. The Kier molecular flexibility index (Phi) is 4.21. The number of aromatic nitrogens is 2. The number of aromatic hydroxyl groups is 1. The molecule has 0 spiro atoms. The Hall–Kier alpha value is -2.43. The second-order valence-corrected chi connectivity index (χ2v) is 5.85. The summed E-state index contributed by atoms with van der Waals surface area (Å²) in [6.45, 7) is 6.28. The van der Waals surface area contributed by atoms with Crippen molar-refractivity contribution in [3.05, 3.63) is 47.7 Å². The summed E-state index contributed by atoms with van der Waals surface area (Å²) in [5.74, 6) is 0.846. The fourth-order valence-electron chi connectivity index (χ4n) is 1.70. The summed E-state index contributed by atoms with van der Waals surface area (Å²) in [4.78, 5) is 0. The van der Waals surface area contributed by atoms with E-state index in [-0.39, 0.29) is 11.2 Å². The molecular formula is C16H20N4O. The average Bonchev–Trinajstić information content (AvgIpc) is 2.45. The molecule has 0 aliphatic rings. The van der Waals surface area contributed by atoms with Crippen LogP contribution in [0.15, 0.2) is 41.5 Å². The standard InChI is InChI=1S/C16H20N4O/c1-16(2,3)14-9-10-15(19-18-14)20(4)17-11-12-7-5-6-8-13(12)21/h5-11,21H,1-4H3/b17-11+. The summed E-state index contributed by atoms with van der Waals surface area (Å²) in [6.07, 6.45) is 1.59. The highest BCUT2D eigenvalue weighted by atomic mass is 16.3. The summed E-state index contributed by atoms with van der Waals surface area (Å²) in [5.41, 5.74) is 1.57. The maximum Gasteiger partial charge on any atom is 0.171 e. The highest BCUT2D eigenvalue weighted by molar-refractivity contribution is 5.83. The van der Waals surface area contributed by atoms with Crippen molar-refractivity contribution in [2.24, 2.45) is 5.10 Å². The molecule has 2 aromatic rings. The predicted molar refractivity (Wildman–Crippen MR) is 84.8 cm³/mol. The zero-order valence-corrected chi connectivity index (χ0v) is 12.8. The van der Waals surface area contributed by atoms with E-state index in [9.17, 15) is 5.11 Å². The van der Waals surface area contributed by atoms with Gasteiger partial charge in [0.25, 0.3) is 0 Å². The van der Waals surface area contributed by atoms with Gasteiger partial charge in [-0.1, -0.05) is 32.9 Å². The molecule has 0 unspecified atom stereocenters. The molecule has 0 radical (unpaired) electrons. The van der Waals surface area contributed by atoms with Crippen LogP contribution < -0.4 is 5.01 Å². The van der Waals surface area contributed by atoms with E-state index >= 15 is 0 Å². The van der Waals surface area contributed by atoms with Gasteiger partial charge in [-0.05, 0) is 24.3 Å². The predicted octanol–water partition coefficient (Wildman–Crippen LogP) is 2.95. The SMILES string of the molecule is CN(/N=C/c1ccccc1O)c1ccc(C(C)(C)C)nn1. The zero-order valence-electron chi connectivity index (χ0n) is 12.8. The topological polar surface area (TPSA) is 61.6 Å². The third-order valence-electron chi connectivity index (χ3n) is 3.06. The van der Waals surface area contributed by atoms with E-state index in [1.165, 1.54) is 0 Å². The van der Waals surface area contributed by atoms with E-state index < -0.39 is 0 Å². The fraction of sp³-hybridized carbons (Fsp3) is 0.312. The van der Waals surface area contributed by atoms with Gasteiger partial charge >= 0.3 is 0 Å². The molecule has 110 valence electrons. The highest BCUT2D eigenvalue weighted by Crippen LogP contribution is 2.20.